The highest BCUT2D eigenvalue weighted by atomic mass is 32.2. The molecule has 1 heterocycles. The van der Waals surface area contributed by atoms with Crippen LogP contribution in [0.25, 0.3) is 0 Å². The van der Waals surface area contributed by atoms with Crippen molar-refractivity contribution >= 4 is 10.2 Å². The molecule has 0 bridgehead atoms. The Hall–Kier alpha value is -0.210. The van der Waals surface area contributed by atoms with E-state index >= 15 is 0 Å². The topological polar surface area (TPSA) is 70.7 Å². The van der Waals surface area contributed by atoms with Gasteiger partial charge in [-0.3, -0.25) is 0 Å². The van der Waals surface area contributed by atoms with Crippen molar-refractivity contribution in [3.8, 4) is 0 Å². The van der Waals surface area contributed by atoms with Crippen LogP contribution in [0.4, 0.5) is 0 Å². The van der Waals surface area contributed by atoms with Crippen LogP contribution >= 0.6 is 0 Å². The second kappa shape index (κ2) is 8.86. The van der Waals surface area contributed by atoms with Gasteiger partial charge in [0.25, 0.3) is 10.2 Å². The molecule has 1 unspecified atom stereocenters. The Bertz CT molecular complexity index is 333. The first kappa shape index (κ1) is 16.8. The molecule has 0 spiro atoms. The fourth-order valence-corrected chi connectivity index (χ4v) is 3.73. The van der Waals surface area contributed by atoms with E-state index in [-0.39, 0.29) is 0 Å². The predicted octanol–water partition coefficient (Wildman–Crippen LogP) is 0.179. The van der Waals surface area contributed by atoms with E-state index in [1.807, 2.05) is 7.05 Å². The smallest absolute Gasteiger partial charge is 0.279 e. The monoisotopic (exact) mass is 293 g/mol. The number of methoxy groups -OCH3 is 1. The van der Waals surface area contributed by atoms with Crippen molar-refractivity contribution in [2.45, 2.75) is 25.7 Å². The molecule has 1 atom stereocenters. The largest absolute Gasteiger partial charge is 0.385 e. The van der Waals surface area contributed by atoms with E-state index in [1.165, 1.54) is 0 Å². The minimum atomic E-state index is -3.31. The highest BCUT2D eigenvalue weighted by Gasteiger charge is 2.27. The Labute approximate surface area is 117 Å². The Morgan fingerprint density at radius 2 is 2.16 bits per heavy atom. The van der Waals surface area contributed by atoms with Gasteiger partial charge in [-0.1, -0.05) is 0 Å². The number of hydrogen-bond acceptors (Lipinski definition) is 4. The lowest BCUT2D eigenvalue weighted by Gasteiger charge is -2.31. The highest BCUT2D eigenvalue weighted by molar-refractivity contribution is 7.87. The molecule has 1 rings (SSSR count). The van der Waals surface area contributed by atoms with Crippen molar-refractivity contribution in [2.75, 3.05) is 46.9 Å². The van der Waals surface area contributed by atoms with Crippen LogP contribution in [0.2, 0.25) is 0 Å². The minimum Gasteiger partial charge on any atom is -0.385 e. The van der Waals surface area contributed by atoms with E-state index in [0.29, 0.717) is 32.2 Å². The summed E-state index contributed by atoms with van der Waals surface area (Å²) in [4.78, 5) is 0. The van der Waals surface area contributed by atoms with Gasteiger partial charge in [-0.05, 0) is 45.2 Å². The average Bonchev–Trinajstić information content (AvgIpc) is 2.39. The van der Waals surface area contributed by atoms with Crippen LogP contribution in [-0.4, -0.2) is 59.7 Å². The van der Waals surface area contributed by atoms with E-state index < -0.39 is 10.2 Å². The van der Waals surface area contributed by atoms with Crippen molar-refractivity contribution in [1.29, 1.82) is 0 Å². The first-order valence-corrected chi connectivity index (χ1v) is 8.42. The Kier molecular flexibility index (Phi) is 7.86. The van der Waals surface area contributed by atoms with Gasteiger partial charge in [0.1, 0.15) is 0 Å². The van der Waals surface area contributed by atoms with Crippen molar-refractivity contribution < 1.29 is 13.2 Å². The molecule has 2 N–H and O–H groups in total. The van der Waals surface area contributed by atoms with Gasteiger partial charge in [0.2, 0.25) is 0 Å². The molecule has 114 valence electrons. The molecule has 0 aromatic carbocycles. The number of piperidine rings is 1. The second-order valence-electron chi connectivity index (χ2n) is 5.02. The number of unbranched alkanes of at least 4 members (excludes halogenated alkanes) is 1. The van der Waals surface area contributed by atoms with Crippen molar-refractivity contribution in [3.63, 3.8) is 0 Å². The number of hydrogen-bond donors (Lipinski definition) is 2. The number of nitrogens with zero attached hydrogens (tertiary/aromatic N) is 1. The predicted molar refractivity (Wildman–Crippen MR) is 76.3 cm³/mol. The molecule has 19 heavy (non-hydrogen) atoms. The summed E-state index contributed by atoms with van der Waals surface area (Å²) >= 11 is 0. The summed E-state index contributed by atoms with van der Waals surface area (Å²) in [5, 5.41) is 3.12. The number of nitrogens with one attached hydrogen (secondary N) is 2. The quantitative estimate of drug-likeness (QED) is 0.595. The first-order chi connectivity index (χ1) is 9.10. The molecule has 0 aromatic heterocycles. The van der Waals surface area contributed by atoms with Gasteiger partial charge in [-0.15, -0.1) is 0 Å². The molecule has 0 amide bonds. The van der Waals surface area contributed by atoms with E-state index in [9.17, 15) is 8.42 Å². The molecule has 1 saturated heterocycles. The molecule has 0 aromatic rings. The van der Waals surface area contributed by atoms with Gasteiger partial charge in [0.15, 0.2) is 0 Å². The van der Waals surface area contributed by atoms with E-state index in [4.69, 9.17) is 4.74 Å². The molecular formula is C12H27N3O3S. The third-order valence-corrected chi connectivity index (χ3v) is 4.95. The molecule has 6 nitrogen and oxygen atoms in total. The molecule has 1 aliphatic rings. The second-order valence-corrected chi connectivity index (χ2v) is 6.78. The van der Waals surface area contributed by atoms with Crippen LogP contribution in [0, 0.1) is 5.92 Å². The zero-order valence-corrected chi connectivity index (χ0v) is 12.8. The van der Waals surface area contributed by atoms with Gasteiger partial charge in [-0.2, -0.15) is 12.7 Å². The molecular weight excluding hydrogens is 266 g/mol. The fourth-order valence-electron chi connectivity index (χ4n) is 2.36. The summed E-state index contributed by atoms with van der Waals surface area (Å²) in [6.07, 6.45) is 3.72. The number of ether oxygens (including phenoxy) is 1. The lowest BCUT2D eigenvalue weighted by Crippen LogP contribution is -2.47. The van der Waals surface area contributed by atoms with Crippen molar-refractivity contribution in [3.05, 3.63) is 0 Å². The van der Waals surface area contributed by atoms with Gasteiger partial charge >= 0.3 is 0 Å². The van der Waals surface area contributed by atoms with Gasteiger partial charge in [0.05, 0.1) is 0 Å². The molecule has 7 heteroatoms. The molecule has 0 radical (unpaired) electrons. The summed E-state index contributed by atoms with van der Waals surface area (Å²) in [5.41, 5.74) is 0. The normalized spacial score (nSPS) is 21.7. The van der Waals surface area contributed by atoms with Gasteiger partial charge < -0.3 is 10.1 Å². The lowest BCUT2D eigenvalue weighted by atomic mass is 10.00. The number of rotatable bonds is 9. The third kappa shape index (κ3) is 6.18. The fraction of sp³-hybridized carbons (Fsp3) is 1.00. The molecule has 0 aliphatic carbocycles. The maximum atomic E-state index is 12.1. The van der Waals surface area contributed by atoms with Gasteiger partial charge in [0, 0.05) is 33.4 Å². The van der Waals surface area contributed by atoms with Crippen molar-refractivity contribution in [1.82, 2.24) is 14.3 Å². The van der Waals surface area contributed by atoms with E-state index in [1.54, 1.807) is 11.4 Å². The highest BCUT2D eigenvalue weighted by Crippen LogP contribution is 2.17. The summed E-state index contributed by atoms with van der Waals surface area (Å²) in [6.45, 7) is 3.29. The zero-order chi connectivity index (χ0) is 14.1. The van der Waals surface area contributed by atoms with Gasteiger partial charge in [-0.25, -0.2) is 4.72 Å². The maximum absolute atomic E-state index is 12.1. The van der Waals surface area contributed by atoms with Crippen LogP contribution in [0.15, 0.2) is 0 Å². The Balaban J connectivity index is 2.34. The van der Waals surface area contributed by atoms with Crippen LogP contribution in [0.1, 0.15) is 25.7 Å². The van der Waals surface area contributed by atoms with Crippen LogP contribution in [0.5, 0.6) is 0 Å². The zero-order valence-electron chi connectivity index (χ0n) is 12.0. The summed E-state index contributed by atoms with van der Waals surface area (Å²) < 4.78 is 33.4. The van der Waals surface area contributed by atoms with Crippen molar-refractivity contribution in [2.24, 2.45) is 5.92 Å². The Morgan fingerprint density at radius 1 is 1.37 bits per heavy atom. The first-order valence-electron chi connectivity index (χ1n) is 6.98. The maximum Gasteiger partial charge on any atom is 0.279 e. The average molecular weight is 293 g/mol. The molecule has 0 saturated carbocycles. The lowest BCUT2D eigenvalue weighted by molar-refractivity contribution is 0.193. The minimum absolute atomic E-state index is 0.420. The SMILES string of the molecule is CNCC1CCCN(S(=O)(=O)NCCCCOC)C1. The summed E-state index contributed by atoms with van der Waals surface area (Å²) in [7, 11) is 0.250. The van der Waals surface area contributed by atoms with E-state index in [2.05, 4.69) is 10.0 Å². The molecule has 1 aliphatic heterocycles. The molecule has 1 fully saturated rings. The van der Waals surface area contributed by atoms with Crippen LogP contribution < -0.4 is 10.0 Å². The standard InChI is InChI=1S/C12H27N3O3S/c1-13-10-12-6-5-8-15(11-12)19(16,17)14-7-3-4-9-18-2/h12-14H,3-11H2,1-2H3. The van der Waals surface area contributed by atoms with Crippen LogP contribution in [-0.2, 0) is 14.9 Å². The Morgan fingerprint density at radius 3 is 2.84 bits per heavy atom. The summed E-state index contributed by atoms with van der Waals surface area (Å²) in [5.74, 6) is 0.420. The van der Waals surface area contributed by atoms with E-state index in [0.717, 1.165) is 32.2 Å². The van der Waals surface area contributed by atoms with Crippen LogP contribution in [0.3, 0.4) is 0 Å². The summed E-state index contributed by atoms with van der Waals surface area (Å²) in [6, 6.07) is 0. The third-order valence-electron chi connectivity index (χ3n) is 3.37.